The van der Waals surface area contributed by atoms with Crippen LogP contribution < -0.4 is 28.5 Å². The van der Waals surface area contributed by atoms with Crippen molar-refractivity contribution in [1.82, 2.24) is 4.98 Å². The third kappa shape index (κ3) is 2.47. The Morgan fingerprint density at radius 1 is 1.42 bits per heavy atom. The normalized spacial score (nSPS) is 9.58. The first-order chi connectivity index (χ1) is 5.29. The first-order valence-electron chi connectivity index (χ1n) is 4.36. The van der Waals surface area contributed by atoms with Gasteiger partial charge in [0.05, 0.1) is 6.54 Å². The highest BCUT2D eigenvalue weighted by atomic mass is 127. The van der Waals surface area contributed by atoms with Gasteiger partial charge in [0.15, 0.2) is 0 Å². The summed E-state index contributed by atoms with van der Waals surface area (Å²) < 4.78 is 2.35. The van der Waals surface area contributed by atoms with Crippen molar-refractivity contribution < 1.29 is 28.5 Å². The SMILES string of the molecule is CCC[n+]1c(CC)c[nH]c1C.[I-]. The minimum atomic E-state index is 0. The zero-order chi connectivity index (χ0) is 8.27. The van der Waals surface area contributed by atoms with E-state index in [9.17, 15) is 0 Å². The fourth-order valence-electron chi connectivity index (χ4n) is 1.39. The molecule has 3 heteroatoms. The second kappa shape index (κ2) is 5.56. The van der Waals surface area contributed by atoms with Gasteiger partial charge in [0.1, 0.15) is 11.9 Å². The highest BCUT2D eigenvalue weighted by Gasteiger charge is 2.10. The topological polar surface area (TPSA) is 19.7 Å². The fourth-order valence-corrected chi connectivity index (χ4v) is 1.39. The lowest BCUT2D eigenvalue weighted by atomic mass is 10.3. The van der Waals surface area contributed by atoms with Crippen molar-refractivity contribution >= 4 is 0 Å². The van der Waals surface area contributed by atoms with Crippen molar-refractivity contribution in [3.8, 4) is 0 Å². The predicted molar refractivity (Wildman–Crippen MR) is 45.4 cm³/mol. The molecule has 0 aliphatic heterocycles. The maximum absolute atomic E-state index is 3.24. The Bertz CT molecular complexity index is 230. The molecule has 2 nitrogen and oxygen atoms in total. The Morgan fingerprint density at radius 2 is 2.08 bits per heavy atom. The van der Waals surface area contributed by atoms with E-state index in [1.165, 1.54) is 17.9 Å². The van der Waals surface area contributed by atoms with Crippen LogP contribution in [0.1, 0.15) is 31.8 Å². The molecule has 1 aromatic rings. The maximum Gasteiger partial charge on any atom is 0.251 e. The molecule has 12 heavy (non-hydrogen) atoms. The van der Waals surface area contributed by atoms with Gasteiger partial charge in [-0.05, 0) is 6.42 Å². The van der Waals surface area contributed by atoms with Gasteiger partial charge in [0.2, 0.25) is 0 Å². The number of halogens is 1. The van der Waals surface area contributed by atoms with E-state index in [0.717, 1.165) is 13.0 Å². The molecule has 0 amide bonds. The molecule has 0 aliphatic rings. The summed E-state index contributed by atoms with van der Waals surface area (Å²) in [7, 11) is 0. The van der Waals surface area contributed by atoms with Crippen molar-refractivity contribution in [2.75, 3.05) is 0 Å². The zero-order valence-electron chi connectivity index (χ0n) is 8.02. The largest absolute Gasteiger partial charge is 1.00 e. The summed E-state index contributed by atoms with van der Waals surface area (Å²) in [6.45, 7) is 7.65. The lowest BCUT2D eigenvalue weighted by Gasteiger charge is -1.97. The van der Waals surface area contributed by atoms with E-state index in [4.69, 9.17) is 0 Å². The lowest BCUT2D eigenvalue weighted by molar-refractivity contribution is -0.708. The molecule has 0 atom stereocenters. The van der Waals surface area contributed by atoms with E-state index in [-0.39, 0.29) is 24.0 Å². The van der Waals surface area contributed by atoms with Crippen LogP contribution in [-0.4, -0.2) is 4.98 Å². The molecule has 1 heterocycles. The van der Waals surface area contributed by atoms with Crippen LogP contribution in [-0.2, 0) is 13.0 Å². The molecule has 1 N–H and O–H groups in total. The minimum absolute atomic E-state index is 0. The molecule has 0 unspecified atom stereocenters. The molecule has 0 aromatic carbocycles. The molecule has 0 spiro atoms. The molecule has 0 saturated heterocycles. The van der Waals surface area contributed by atoms with Crippen molar-refractivity contribution in [2.45, 2.75) is 40.2 Å². The van der Waals surface area contributed by atoms with E-state index in [0.29, 0.717) is 0 Å². The quantitative estimate of drug-likeness (QED) is 0.518. The van der Waals surface area contributed by atoms with Gasteiger partial charge < -0.3 is 24.0 Å². The Morgan fingerprint density at radius 3 is 2.58 bits per heavy atom. The Kier molecular flexibility index (Phi) is 5.53. The van der Waals surface area contributed by atoms with Crippen LogP contribution in [0.5, 0.6) is 0 Å². The van der Waals surface area contributed by atoms with Gasteiger partial charge in [-0.1, -0.05) is 13.8 Å². The first-order valence-corrected chi connectivity index (χ1v) is 4.36. The molecule has 0 aliphatic carbocycles. The van der Waals surface area contributed by atoms with Crippen LogP contribution in [0.4, 0.5) is 0 Å². The van der Waals surface area contributed by atoms with Gasteiger partial charge in [-0.15, -0.1) is 0 Å². The van der Waals surface area contributed by atoms with Gasteiger partial charge in [-0.25, -0.2) is 9.55 Å². The Balaban J connectivity index is 0.00000121. The van der Waals surface area contributed by atoms with Gasteiger partial charge >= 0.3 is 0 Å². The third-order valence-corrected chi connectivity index (χ3v) is 2.01. The maximum atomic E-state index is 3.24. The first kappa shape index (κ1) is 11.9. The summed E-state index contributed by atoms with van der Waals surface area (Å²) in [5.74, 6) is 1.27. The average Bonchev–Trinajstić information content (AvgIpc) is 2.34. The third-order valence-electron chi connectivity index (χ3n) is 2.01. The van der Waals surface area contributed by atoms with Crippen LogP contribution in [0, 0.1) is 6.92 Å². The van der Waals surface area contributed by atoms with Crippen LogP contribution in [0.15, 0.2) is 6.20 Å². The second-order valence-electron chi connectivity index (χ2n) is 2.87. The van der Waals surface area contributed by atoms with Crippen molar-refractivity contribution in [3.63, 3.8) is 0 Å². The number of imidazole rings is 1. The molecule has 0 saturated carbocycles. The summed E-state index contributed by atoms with van der Waals surface area (Å²) in [6.07, 6.45) is 4.42. The monoisotopic (exact) mass is 280 g/mol. The number of rotatable bonds is 3. The Labute approximate surface area is 91.4 Å². The summed E-state index contributed by atoms with van der Waals surface area (Å²) >= 11 is 0. The summed E-state index contributed by atoms with van der Waals surface area (Å²) in [4.78, 5) is 3.24. The van der Waals surface area contributed by atoms with Crippen LogP contribution in [0.3, 0.4) is 0 Å². The number of aromatic nitrogens is 2. The number of nitrogens with zero attached hydrogens (tertiary/aromatic N) is 1. The number of aromatic amines is 1. The molecule has 1 aromatic heterocycles. The van der Waals surface area contributed by atoms with Crippen molar-refractivity contribution in [1.29, 1.82) is 0 Å². The number of nitrogens with one attached hydrogen (secondary N) is 1. The zero-order valence-corrected chi connectivity index (χ0v) is 10.2. The van der Waals surface area contributed by atoms with E-state index >= 15 is 0 Å². The van der Waals surface area contributed by atoms with Gasteiger partial charge in [-0.3, -0.25) is 0 Å². The highest BCUT2D eigenvalue weighted by Crippen LogP contribution is 1.94. The average molecular weight is 280 g/mol. The molecule has 0 radical (unpaired) electrons. The predicted octanol–water partition coefficient (Wildman–Crippen LogP) is -1.41. The number of hydrogen-bond donors (Lipinski definition) is 1. The van der Waals surface area contributed by atoms with E-state index in [2.05, 4.69) is 36.5 Å². The molecule has 1 rings (SSSR count). The lowest BCUT2D eigenvalue weighted by Crippen LogP contribution is -3.00. The molecule has 0 bridgehead atoms. The van der Waals surface area contributed by atoms with Gasteiger partial charge in [0.25, 0.3) is 5.82 Å². The summed E-state index contributed by atoms with van der Waals surface area (Å²) in [5, 5.41) is 0. The van der Waals surface area contributed by atoms with Gasteiger partial charge in [0, 0.05) is 13.3 Å². The van der Waals surface area contributed by atoms with E-state index < -0.39 is 0 Å². The van der Waals surface area contributed by atoms with Crippen molar-refractivity contribution in [2.24, 2.45) is 0 Å². The number of aryl methyl sites for hydroxylation is 2. The van der Waals surface area contributed by atoms with E-state index in [1.807, 2.05) is 0 Å². The number of hydrogen-bond acceptors (Lipinski definition) is 0. The molecule has 70 valence electrons. The summed E-state index contributed by atoms with van der Waals surface area (Å²) in [6, 6.07) is 0. The second-order valence-corrected chi connectivity index (χ2v) is 2.87. The van der Waals surface area contributed by atoms with Crippen LogP contribution in [0.25, 0.3) is 0 Å². The van der Waals surface area contributed by atoms with Crippen molar-refractivity contribution in [3.05, 3.63) is 17.7 Å². The standard InChI is InChI=1S/C9H16N2.HI/c1-4-6-11-8(3)10-7-9(11)5-2;/h7H,4-6H2,1-3H3;1H. The molecule has 0 fully saturated rings. The molecular formula is C9H17IN2. The minimum Gasteiger partial charge on any atom is -1.00 e. The smallest absolute Gasteiger partial charge is 0.251 e. The molecular weight excluding hydrogens is 263 g/mol. The van der Waals surface area contributed by atoms with Crippen LogP contribution >= 0.6 is 0 Å². The number of H-pyrrole nitrogens is 1. The summed E-state index contributed by atoms with van der Waals surface area (Å²) in [5.41, 5.74) is 1.41. The Hall–Kier alpha value is -0.0600. The highest BCUT2D eigenvalue weighted by molar-refractivity contribution is 4.89. The van der Waals surface area contributed by atoms with Crippen LogP contribution in [0.2, 0.25) is 0 Å². The fraction of sp³-hybridized carbons (Fsp3) is 0.667. The van der Waals surface area contributed by atoms with E-state index in [1.54, 1.807) is 0 Å². The van der Waals surface area contributed by atoms with Gasteiger partial charge in [-0.2, -0.15) is 0 Å².